The maximum Gasteiger partial charge on any atom is 0.140 e. The molecule has 1 aliphatic heterocycles. The molecule has 0 unspecified atom stereocenters. The number of benzene rings is 1. The second kappa shape index (κ2) is 8.36. The second-order valence-electron chi connectivity index (χ2n) is 7.48. The van der Waals surface area contributed by atoms with Crippen molar-refractivity contribution in [2.45, 2.75) is 45.2 Å². The molecular formula is C22H28N4S. The Bertz CT molecular complexity index is 868. The summed E-state index contributed by atoms with van der Waals surface area (Å²) in [6.07, 6.45) is 6.39. The monoisotopic (exact) mass is 380 g/mol. The number of piperidine rings is 1. The normalized spacial score (nSPS) is 16.1. The Morgan fingerprint density at radius 1 is 1.15 bits per heavy atom. The molecule has 0 N–H and O–H groups in total. The van der Waals surface area contributed by atoms with E-state index in [2.05, 4.69) is 70.1 Å². The van der Waals surface area contributed by atoms with Gasteiger partial charge in [0.05, 0.1) is 5.39 Å². The van der Waals surface area contributed by atoms with Gasteiger partial charge in [-0.3, -0.25) is 4.90 Å². The van der Waals surface area contributed by atoms with Crippen molar-refractivity contribution in [2.24, 2.45) is 0 Å². The van der Waals surface area contributed by atoms with Gasteiger partial charge in [-0.15, -0.1) is 11.3 Å². The van der Waals surface area contributed by atoms with Crippen LogP contribution >= 0.6 is 11.3 Å². The quantitative estimate of drug-likeness (QED) is 0.618. The average molecular weight is 381 g/mol. The van der Waals surface area contributed by atoms with Crippen LogP contribution in [0.25, 0.3) is 10.2 Å². The van der Waals surface area contributed by atoms with Crippen molar-refractivity contribution in [3.8, 4) is 0 Å². The summed E-state index contributed by atoms with van der Waals surface area (Å²) in [5.74, 6) is 1.10. The molecule has 0 amide bonds. The summed E-state index contributed by atoms with van der Waals surface area (Å²) in [7, 11) is 2.20. The van der Waals surface area contributed by atoms with Crippen LogP contribution in [0.3, 0.4) is 0 Å². The Morgan fingerprint density at radius 2 is 1.93 bits per heavy atom. The van der Waals surface area contributed by atoms with Gasteiger partial charge in [0, 0.05) is 37.6 Å². The molecule has 0 spiro atoms. The number of fused-ring (bicyclic) bond motifs is 1. The lowest BCUT2D eigenvalue weighted by atomic mass is 10.0. The van der Waals surface area contributed by atoms with Crippen molar-refractivity contribution in [3.63, 3.8) is 0 Å². The maximum atomic E-state index is 4.65. The van der Waals surface area contributed by atoms with E-state index in [9.17, 15) is 0 Å². The Morgan fingerprint density at radius 3 is 2.67 bits per heavy atom. The number of thiophene rings is 1. The zero-order chi connectivity index (χ0) is 18.6. The Hall–Kier alpha value is -1.98. The van der Waals surface area contributed by atoms with Crippen LogP contribution in [0.1, 0.15) is 36.6 Å². The van der Waals surface area contributed by atoms with Gasteiger partial charge in [0.2, 0.25) is 0 Å². The summed E-state index contributed by atoms with van der Waals surface area (Å²) in [5.41, 5.74) is 1.41. The van der Waals surface area contributed by atoms with E-state index >= 15 is 0 Å². The summed E-state index contributed by atoms with van der Waals surface area (Å²) in [4.78, 5) is 16.7. The second-order valence-corrected chi connectivity index (χ2v) is 8.60. The van der Waals surface area contributed by atoms with Crippen LogP contribution < -0.4 is 4.90 Å². The lowest BCUT2D eigenvalue weighted by molar-refractivity contribution is 0.203. The van der Waals surface area contributed by atoms with Crippen molar-refractivity contribution >= 4 is 27.4 Å². The maximum absolute atomic E-state index is 4.65. The molecule has 0 atom stereocenters. The Labute approximate surface area is 165 Å². The van der Waals surface area contributed by atoms with E-state index in [4.69, 9.17) is 0 Å². The molecule has 1 aliphatic rings. The van der Waals surface area contributed by atoms with Gasteiger partial charge in [-0.05, 0) is 30.9 Å². The summed E-state index contributed by atoms with van der Waals surface area (Å²) in [6, 6.07) is 13.6. The first-order valence-electron chi connectivity index (χ1n) is 9.97. The van der Waals surface area contributed by atoms with Crippen molar-refractivity contribution < 1.29 is 0 Å². The van der Waals surface area contributed by atoms with Crippen molar-refractivity contribution in [1.29, 1.82) is 0 Å². The van der Waals surface area contributed by atoms with Gasteiger partial charge >= 0.3 is 0 Å². The number of rotatable bonds is 6. The minimum absolute atomic E-state index is 0.546. The van der Waals surface area contributed by atoms with Gasteiger partial charge in [0.25, 0.3) is 0 Å². The molecule has 3 aromatic rings. The smallest absolute Gasteiger partial charge is 0.140 e. The first kappa shape index (κ1) is 18.4. The van der Waals surface area contributed by atoms with Gasteiger partial charge in [0.1, 0.15) is 17.0 Å². The van der Waals surface area contributed by atoms with Crippen molar-refractivity contribution in [2.75, 3.05) is 25.0 Å². The number of hydrogen-bond acceptors (Lipinski definition) is 5. The molecule has 2 aromatic heterocycles. The highest BCUT2D eigenvalue weighted by Crippen LogP contribution is 2.32. The molecule has 1 fully saturated rings. The standard InChI is InChI=1S/C22H28N4S/c1-3-7-19-14-20-21(23-16-24-22(20)27-19)25(2)18-10-12-26(13-11-18)15-17-8-5-4-6-9-17/h4-6,8-9,14,16,18H,3,7,10-13,15H2,1-2H3. The van der Waals surface area contributed by atoms with E-state index in [0.29, 0.717) is 6.04 Å². The van der Waals surface area contributed by atoms with Gasteiger partial charge in [0.15, 0.2) is 0 Å². The molecule has 142 valence electrons. The molecular weight excluding hydrogens is 352 g/mol. The van der Waals surface area contributed by atoms with E-state index < -0.39 is 0 Å². The van der Waals surface area contributed by atoms with E-state index in [1.807, 2.05) is 11.3 Å². The Balaban J connectivity index is 1.43. The van der Waals surface area contributed by atoms with Gasteiger partial charge in [-0.1, -0.05) is 43.7 Å². The third-order valence-corrected chi connectivity index (χ3v) is 6.65. The number of hydrogen-bond donors (Lipinski definition) is 0. The van der Waals surface area contributed by atoms with Crippen LogP contribution in [0.4, 0.5) is 5.82 Å². The fourth-order valence-electron chi connectivity index (χ4n) is 4.02. The van der Waals surface area contributed by atoms with Crippen LogP contribution in [0.15, 0.2) is 42.7 Å². The predicted octanol–water partition coefficient (Wildman–Crippen LogP) is 4.74. The van der Waals surface area contributed by atoms with Crippen LogP contribution in [0, 0.1) is 0 Å². The largest absolute Gasteiger partial charge is 0.356 e. The van der Waals surface area contributed by atoms with Crippen LogP contribution in [-0.2, 0) is 13.0 Å². The molecule has 1 saturated heterocycles. The SMILES string of the molecule is CCCc1cc2c(N(C)C3CCN(Cc4ccccc4)CC3)ncnc2s1. The summed E-state index contributed by atoms with van der Waals surface area (Å²) < 4.78 is 0. The zero-order valence-corrected chi connectivity index (χ0v) is 17.1. The topological polar surface area (TPSA) is 32.3 Å². The highest BCUT2D eigenvalue weighted by Gasteiger charge is 2.25. The molecule has 3 heterocycles. The predicted molar refractivity (Wildman–Crippen MR) is 115 cm³/mol. The third kappa shape index (κ3) is 4.14. The fraction of sp³-hybridized carbons (Fsp3) is 0.455. The van der Waals surface area contributed by atoms with Crippen molar-refractivity contribution in [1.82, 2.24) is 14.9 Å². The summed E-state index contributed by atoms with van der Waals surface area (Å²) in [6.45, 7) is 5.57. The number of nitrogens with zero attached hydrogens (tertiary/aromatic N) is 4. The van der Waals surface area contributed by atoms with Gasteiger partial charge in [-0.2, -0.15) is 0 Å². The first-order valence-corrected chi connectivity index (χ1v) is 10.8. The minimum Gasteiger partial charge on any atom is -0.356 e. The molecule has 27 heavy (non-hydrogen) atoms. The number of likely N-dealkylation sites (tertiary alicyclic amines) is 1. The third-order valence-electron chi connectivity index (χ3n) is 5.54. The van der Waals surface area contributed by atoms with Crippen molar-refractivity contribution in [3.05, 3.63) is 53.2 Å². The lowest BCUT2D eigenvalue weighted by Crippen LogP contribution is -2.43. The van der Waals surface area contributed by atoms with Crippen LogP contribution in [-0.4, -0.2) is 41.0 Å². The molecule has 0 radical (unpaired) electrons. The molecule has 5 heteroatoms. The summed E-state index contributed by atoms with van der Waals surface area (Å²) >= 11 is 1.82. The number of aromatic nitrogens is 2. The molecule has 4 nitrogen and oxygen atoms in total. The number of anilines is 1. The highest BCUT2D eigenvalue weighted by molar-refractivity contribution is 7.18. The average Bonchev–Trinajstić information content (AvgIpc) is 3.12. The van der Waals surface area contributed by atoms with Gasteiger partial charge < -0.3 is 4.90 Å². The zero-order valence-electron chi connectivity index (χ0n) is 16.3. The van der Waals surface area contributed by atoms with E-state index in [1.54, 1.807) is 6.33 Å². The molecule has 0 saturated carbocycles. The highest BCUT2D eigenvalue weighted by atomic mass is 32.1. The van der Waals surface area contributed by atoms with Gasteiger partial charge in [-0.25, -0.2) is 9.97 Å². The first-order chi connectivity index (χ1) is 13.2. The van der Waals surface area contributed by atoms with E-state index in [1.165, 1.54) is 35.1 Å². The van der Waals surface area contributed by atoms with Crippen LogP contribution in [0.5, 0.6) is 0 Å². The van der Waals surface area contributed by atoms with E-state index in [-0.39, 0.29) is 0 Å². The lowest BCUT2D eigenvalue weighted by Gasteiger charge is -2.37. The van der Waals surface area contributed by atoms with E-state index in [0.717, 1.165) is 36.7 Å². The molecule has 1 aromatic carbocycles. The molecule has 0 aliphatic carbocycles. The fourth-order valence-corrected chi connectivity index (χ4v) is 5.11. The summed E-state index contributed by atoms with van der Waals surface area (Å²) in [5, 5.41) is 1.22. The molecule has 0 bridgehead atoms. The Kier molecular flexibility index (Phi) is 5.69. The number of aryl methyl sites for hydroxylation is 1. The minimum atomic E-state index is 0.546. The van der Waals surface area contributed by atoms with Crippen LogP contribution in [0.2, 0.25) is 0 Å². The molecule has 4 rings (SSSR count).